The van der Waals surface area contributed by atoms with E-state index in [-0.39, 0.29) is 16.5 Å². The van der Waals surface area contributed by atoms with Gasteiger partial charge < -0.3 is 10.2 Å². The summed E-state index contributed by atoms with van der Waals surface area (Å²) in [6.45, 7) is 0. The highest BCUT2D eigenvalue weighted by Crippen LogP contribution is 2.33. The lowest BCUT2D eigenvalue weighted by molar-refractivity contribution is -0.385. The number of ether oxygens (including phenoxy) is 1. The SMILES string of the molecule is NNc1cc(Oc2ccc(Cl)cc2[N+](=O)[O-])ccn1. The Morgan fingerprint density at radius 3 is 2.84 bits per heavy atom. The molecule has 98 valence electrons. The van der Waals surface area contributed by atoms with Crippen LogP contribution in [0.25, 0.3) is 0 Å². The molecule has 0 atom stereocenters. The van der Waals surface area contributed by atoms with Crippen molar-refractivity contribution < 1.29 is 9.66 Å². The number of rotatable bonds is 4. The molecule has 3 N–H and O–H groups in total. The van der Waals surface area contributed by atoms with Crippen molar-refractivity contribution in [1.82, 2.24) is 4.98 Å². The summed E-state index contributed by atoms with van der Waals surface area (Å²) in [5, 5.41) is 11.2. The molecular formula is C11H9ClN4O3. The van der Waals surface area contributed by atoms with Crippen molar-refractivity contribution in [2.24, 2.45) is 5.84 Å². The smallest absolute Gasteiger partial charge is 0.313 e. The van der Waals surface area contributed by atoms with Gasteiger partial charge in [0.1, 0.15) is 11.6 Å². The van der Waals surface area contributed by atoms with Gasteiger partial charge in [0.05, 0.1) is 4.92 Å². The maximum atomic E-state index is 10.9. The first kappa shape index (κ1) is 13.1. The van der Waals surface area contributed by atoms with E-state index in [9.17, 15) is 10.1 Å². The first-order valence-electron chi connectivity index (χ1n) is 5.14. The van der Waals surface area contributed by atoms with Crippen LogP contribution in [-0.4, -0.2) is 9.91 Å². The molecule has 0 aliphatic rings. The summed E-state index contributed by atoms with van der Waals surface area (Å²) in [5.41, 5.74) is 2.14. The summed E-state index contributed by atoms with van der Waals surface area (Å²) in [6, 6.07) is 7.22. The maximum absolute atomic E-state index is 10.9. The quantitative estimate of drug-likeness (QED) is 0.507. The van der Waals surface area contributed by atoms with E-state index in [0.717, 1.165) is 0 Å². The number of hydrazine groups is 1. The predicted molar refractivity (Wildman–Crippen MR) is 70.2 cm³/mol. The Labute approximate surface area is 113 Å². The molecule has 0 saturated carbocycles. The molecule has 7 nitrogen and oxygen atoms in total. The molecule has 2 aromatic rings. The van der Waals surface area contributed by atoms with E-state index in [4.69, 9.17) is 22.2 Å². The largest absolute Gasteiger partial charge is 0.450 e. The summed E-state index contributed by atoms with van der Waals surface area (Å²) in [6.07, 6.45) is 1.46. The molecule has 8 heteroatoms. The summed E-state index contributed by atoms with van der Waals surface area (Å²) in [5.74, 6) is 6.06. The lowest BCUT2D eigenvalue weighted by atomic mass is 10.3. The van der Waals surface area contributed by atoms with Gasteiger partial charge >= 0.3 is 5.69 Å². The Bertz CT molecular complexity index is 621. The maximum Gasteiger partial charge on any atom is 0.313 e. The van der Waals surface area contributed by atoms with Gasteiger partial charge in [-0.1, -0.05) is 11.6 Å². The van der Waals surface area contributed by atoms with Crippen molar-refractivity contribution in [3.63, 3.8) is 0 Å². The van der Waals surface area contributed by atoms with Crippen LogP contribution in [0.3, 0.4) is 0 Å². The fraction of sp³-hybridized carbons (Fsp3) is 0. The van der Waals surface area contributed by atoms with Crippen molar-refractivity contribution >= 4 is 23.1 Å². The van der Waals surface area contributed by atoms with Crippen molar-refractivity contribution in [2.45, 2.75) is 0 Å². The molecule has 0 fully saturated rings. The fourth-order valence-electron chi connectivity index (χ4n) is 1.40. The van der Waals surface area contributed by atoms with Gasteiger partial charge in [-0.05, 0) is 18.2 Å². The van der Waals surface area contributed by atoms with Gasteiger partial charge in [0, 0.05) is 23.4 Å². The number of pyridine rings is 1. The van der Waals surface area contributed by atoms with Crippen LogP contribution in [0.4, 0.5) is 11.5 Å². The van der Waals surface area contributed by atoms with E-state index in [0.29, 0.717) is 11.6 Å². The minimum Gasteiger partial charge on any atom is -0.450 e. The van der Waals surface area contributed by atoms with Crippen LogP contribution in [0.5, 0.6) is 11.5 Å². The third kappa shape index (κ3) is 3.09. The summed E-state index contributed by atoms with van der Waals surface area (Å²) in [4.78, 5) is 14.2. The first-order chi connectivity index (χ1) is 9.10. The van der Waals surface area contributed by atoms with Crippen molar-refractivity contribution in [3.8, 4) is 11.5 Å². The van der Waals surface area contributed by atoms with Crippen LogP contribution in [0, 0.1) is 10.1 Å². The number of nitro benzene ring substituents is 1. The third-order valence-corrected chi connectivity index (χ3v) is 2.46. The number of aromatic nitrogens is 1. The summed E-state index contributed by atoms with van der Waals surface area (Å²) in [7, 11) is 0. The molecule has 1 aromatic carbocycles. The molecule has 1 heterocycles. The zero-order chi connectivity index (χ0) is 13.8. The number of benzene rings is 1. The van der Waals surface area contributed by atoms with Gasteiger partial charge in [0.2, 0.25) is 5.75 Å². The Hall–Kier alpha value is -2.38. The van der Waals surface area contributed by atoms with Gasteiger partial charge in [-0.2, -0.15) is 0 Å². The van der Waals surface area contributed by atoms with Crippen molar-refractivity contribution in [3.05, 3.63) is 51.7 Å². The Morgan fingerprint density at radius 1 is 1.37 bits per heavy atom. The molecule has 1 aromatic heterocycles. The average molecular weight is 281 g/mol. The van der Waals surface area contributed by atoms with Gasteiger partial charge in [-0.15, -0.1) is 0 Å². The molecule has 0 bridgehead atoms. The number of nitrogens with zero attached hydrogens (tertiary/aromatic N) is 2. The van der Waals surface area contributed by atoms with E-state index in [1.807, 2.05) is 0 Å². The number of nitrogens with one attached hydrogen (secondary N) is 1. The van der Waals surface area contributed by atoms with Crippen LogP contribution < -0.4 is 16.0 Å². The molecule has 0 aliphatic carbocycles. The number of hydrogen-bond acceptors (Lipinski definition) is 6. The fourth-order valence-corrected chi connectivity index (χ4v) is 1.57. The molecule has 19 heavy (non-hydrogen) atoms. The molecular weight excluding hydrogens is 272 g/mol. The second-order valence-corrected chi connectivity index (χ2v) is 3.93. The lowest BCUT2D eigenvalue weighted by Gasteiger charge is -2.07. The Balaban J connectivity index is 2.34. The molecule has 0 aliphatic heterocycles. The molecule has 0 radical (unpaired) electrons. The van der Waals surface area contributed by atoms with E-state index in [1.165, 1.54) is 30.5 Å². The highest BCUT2D eigenvalue weighted by Gasteiger charge is 2.16. The van der Waals surface area contributed by atoms with Gasteiger partial charge in [-0.25, -0.2) is 10.8 Å². The van der Waals surface area contributed by atoms with E-state index < -0.39 is 4.92 Å². The van der Waals surface area contributed by atoms with Crippen LogP contribution in [0.15, 0.2) is 36.5 Å². The monoisotopic (exact) mass is 280 g/mol. The van der Waals surface area contributed by atoms with Crippen LogP contribution in [-0.2, 0) is 0 Å². The molecule has 0 saturated heterocycles. The molecule has 2 rings (SSSR count). The summed E-state index contributed by atoms with van der Waals surface area (Å²) >= 11 is 5.72. The Morgan fingerprint density at radius 2 is 2.16 bits per heavy atom. The normalized spacial score (nSPS) is 10.0. The van der Waals surface area contributed by atoms with Gasteiger partial charge in [0.15, 0.2) is 0 Å². The topological polar surface area (TPSA) is 103 Å². The minimum atomic E-state index is -0.565. The second kappa shape index (κ2) is 5.51. The molecule has 0 unspecified atom stereocenters. The minimum absolute atomic E-state index is 0.0866. The van der Waals surface area contributed by atoms with Crippen molar-refractivity contribution in [2.75, 3.05) is 5.43 Å². The molecule has 0 spiro atoms. The number of halogens is 1. The second-order valence-electron chi connectivity index (χ2n) is 3.49. The zero-order valence-electron chi connectivity index (χ0n) is 9.54. The number of nitrogens with two attached hydrogens (primary N) is 1. The lowest BCUT2D eigenvalue weighted by Crippen LogP contribution is -2.08. The zero-order valence-corrected chi connectivity index (χ0v) is 10.3. The highest BCUT2D eigenvalue weighted by molar-refractivity contribution is 6.30. The van der Waals surface area contributed by atoms with Crippen LogP contribution >= 0.6 is 11.6 Å². The first-order valence-corrected chi connectivity index (χ1v) is 5.52. The average Bonchev–Trinajstić information content (AvgIpc) is 2.41. The van der Waals surface area contributed by atoms with E-state index in [1.54, 1.807) is 6.07 Å². The van der Waals surface area contributed by atoms with Gasteiger partial charge in [0.25, 0.3) is 0 Å². The van der Waals surface area contributed by atoms with Gasteiger partial charge in [-0.3, -0.25) is 10.1 Å². The Kier molecular flexibility index (Phi) is 3.79. The predicted octanol–water partition coefficient (Wildman–Crippen LogP) is 2.72. The number of hydrogen-bond donors (Lipinski definition) is 2. The van der Waals surface area contributed by atoms with Crippen LogP contribution in [0.1, 0.15) is 0 Å². The highest BCUT2D eigenvalue weighted by atomic mass is 35.5. The van der Waals surface area contributed by atoms with E-state index in [2.05, 4.69) is 10.4 Å². The van der Waals surface area contributed by atoms with Crippen LogP contribution in [0.2, 0.25) is 5.02 Å². The molecule has 0 amide bonds. The van der Waals surface area contributed by atoms with Crippen molar-refractivity contribution in [1.29, 1.82) is 0 Å². The number of nitro groups is 1. The van der Waals surface area contributed by atoms with E-state index >= 15 is 0 Å². The standard InChI is InChI=1S/C11H9ClN4O3/c12-7-1-2-10(9(5-7)16(17)18)19-8-3-4-14-11(6-8)15-13/h1-6H,13H2,(H,14,15). The number of anilines is 1. The summed E-state index contributed by atoms with van der Waals surface area (Å²) < 4.78 is 5.43. The number of nitrogen functional groups attached to an aromatic ring is 1. The third-order valence-electron chi connectivity index (χ3n) is 2.22.